The summed E-state index contributed by atoms with van der Waals surface area (Å²) in [5.41, 5.74) is 2.69. The number of hydrogen-bond acceptors (Lipinski definition) is 4. The molecule has 0 saturated carbocycles. The molecule has 3 rings (SSSR count). The van der Waals surface area contributed by atoms with Gasteiger partial charge in [0.15, 0.2) is 0 Å². The highest BCUT2D eigenvalue weighted by molar-refractivity contribution is 5.94. The maximum atomic E-state index is 9.49. The summed E-state index contributed by atoms with van der Waals surface area (Å²) in [5, 5.41) is 13.9. The van der Waals surface area contributed by atoms with Crippen LogP contribution in [0.4, 0.5) is 5.69 Å². The molecule has 0 amide bonds. The van der Waals surface area contributed by atoms with Crippen LogP contribution in [0.15, 0.2) is 30.5 Å². The lowest BCUT2D eigenvalue weighted by Crippen LogP contribution is -2.45. The van der Waals surface area contributed by atoms with E-state index in [-0.39, 0.29) is 0 Å². The molecule has 4 heteroatoms. The van der Waals surface area contributed by atoms with Gasteiger partial charge in [0.2, 0.25) is 0 Å². The first-order chi connectivity index (χ1) is 10.3. The lowest BCUT2D eigenvalue weighted by atomic mass is 9.98. The molecule has 0 aliphatic carbocycles. The first kappa shape index (κ1) is 13.8. The van der Waals surface area contributed by atoms with E-state index in [1.807, 2.05) is 25.2 Å². The fraction of sp³-hybridized carbons (Fsp3) is 0.412. The average molecular weight is 280 g/mol. The molecule has 1 aliphatic rings. The lowest BCUT2D eigenvalue weighted by molar-refractivity contribution is 0.447. The van der Waals surface area contributed by atoms with Crippen molar-refractivity contribution < 1.29 is 0 Å². The quantitative estimate of drug-likeness (QED) is 0.939. The maximum absolute atomic E-state index is 9.49. The zero-order valence-electron chi connectivity index (χ0n) is 12.3. The van der Waals surface area contributed by atoms with Crippen molar-refractivity contribution in [2.24, 2.45) is 0 Å². The van der Waals surface area contributed by atoms with Crippen LogP contribution in [0.2, 0.25) is 0 Å². The molecule has 1 atom stereocenters. The van der Waals surface area contributed by atoms with Crippen LogP contribution >= 0.6 is 0 Å². The molecule has 1 unspecified atom stereocenters. The minimum absolute atomic E-state index is 0.446. The van der Waals surface area contributed by atoms with Crippen LogP contribution in [0.5, 0.6) is 0 Å². The predicted octanol–water partition coefficient (Wildman–Crippen LogP) is 2.68. The van der Waals surface area contributed by atoms with E-state index in [4.69, 9.17) is 0 Å². The van der Waals surface area contributed by atoms with E-state index < -0.39 is 0 Å². The number of pyridine rings is 1. The van der Waals surface area contributed by atoms with Gasteiger partial charge in [0, 0.05) is 30.7 Å². The van der Waals surface area contributed by atoms with Gasteiger partial charge in [0.1, 0.15) is 6.07 Å². The molecular weight excluding hydrogens is 260 g/mol. The van der Waals surface area contributed by atoms with Crippen LogP contribution in [0.25, 0.3) is 10.9 Å². The number of benzene rings is 1. The fourth-order valence-electron chi connectivity index (χ4n) is 3.26. The van der Waals surface area contributed by atoms with Crippen molar-refractivity contribution in [3.8, 4) is 6.07 Å². The van der Waals surface area contributed by atoms with Gasteiger partial charge in [-0.15, -0.1) is 0 Å². The molecule has 1 fully saturated rings. The molecular formula is C17H20N4. The van der Waals surface area contributed by atoms with E-state index in [1.165, 1.54) is 19.3 Å². The second-order valence-electron chi connectivity index (χ2n) is 5.55. The van der Waals surface area contributed by atoms with Gasteiger partial charge in [-0.25, -0.2) is 0 Å². The average Bonchev–Trinajstić information content (AvgIpc) is 2.55. The third kappa shape index (κ3) is 2.57. The number of rotatable bonds is 3. The Balaban J connectivity index is 2.14. The molecule has 2 aromatic rings. The predicted molar refractivity (Wildman–Crippen MR) is 85.4 cm³/mol. The Morgan fingerprint density at radius 2 is 2.24 bits per heavy atom. The van der Waals surface area contributed by atoms with E-state index in [0.717, 1.165) is 29.7 Å². The van der Waals surface area contributed by atoms with Crippen molar-refractivity contribution in [1.29, 1.82) is 5.26 Å². The molecule has 0 spiro atoms. The maximum Gasteiger partial charge on any atom is 0.103 e. The van der Waals surface area contributed by atoms with Gasteiger partial charge in [-0.2, -0.15) is 5.26 Å². The van der Waals surface area contributed by atoms with Gasteiger partial charge >= 0.3 is 0 Å². The number of fused-ring (bicyclic) bond motifs is 1. The van der Waals surface area contributed by atoms with Crippen LogP contribution in [0.3, 0.4) is 0 Å². The van der Waals surface area contributed by atoms with Crippen LogP contribution in [-0.4, -0.2) is 31.2 Å². The van der Waals surface area contributed by atoms with Gasteiger partial charge in [-0.05, 0) is 32.4 Å². The van der Waals surface area contributed by atoms with Crippen molar-refractivity contribution in [2.45, 2.75) is 25.3 Å². The van der Waals surface area contributed by atoms with Gasteiger partial charge in [0.05, 0.1) is 16.8 Å². The Kier molecular flexibility index (Phi) is 4.03. The lowest BCUT2D eigenvalue weighted by Gasteiger charge is -2.38. The summed E-state index contributed by atoms with van der Waals surface area (Å²) in [7, 11) is 1.99. The Morgan fingerprint density at radius 1 is 1.38 bits per heavy atom. The van der Waals surface area contributed by atoms with Gasteiger partial charge in [-0.1, -0.05) is 18.2 Å². The Hall–Kier alpha value is -2.12. The SMILES string of the molecule is CNCC1CCCCN1c1c(C#N)cnc2ccccc12. The molecule has 1 saturated heterocycles. The molecule has 0 bridgehead atoms. The van der Waals surface area contributed by atoms with Crippen LogP contribution in [-0.2, 0) is 0 Å². The number of nitrogens with one attached hydrogen (secondary N) is 1. The van der Waals surface area contributed by atoms with E-state index in [2.05, 4.69) is 27.3 Å². The summed E-state index contributed by atoms with van der Waals surface area (Å²) in [6, 6.07) is 10.9. The normalized spacial score (nSPS) is 18.7. The van der Waals surface area contributed by atoms with Crippen LogP contribution in [0, 0.1) is 11.3 Å². The number of nitrogens with zero attached hydrogens (tertiary/aromatic N) is 3. The van der Waals surface area contributed by atoms with E-state index in [1.54, 1.807) is 6.20 Å². The first-order valence-corrected chi connectivity index (χ1v) is 7.54. The van der Waals surface area contributed by atoms with Crippen molar-refractivity contribution in [1.82, 2.24) is 10.3 Å². The van der Waals surface area contributed by atoms with Crippen LogP contribution in [0.1, 0.15) is 24.8 Å². The Bertz CT molecular complexity index is 672. The van der Waals surface area contributed by atoms with E-state index >= 15 is 0 Å². The highest BCUT2D eigenvalue weighted by Crippen LogP contribution is 2.33. The molecule has 4 nitrogen and oxygen atoms in total. The zero-order valence-corrected chi connectivity index (χ0v) is 12.3. The van der Waals surface area contributed by atoms with Gasteiger partial charge < -0.3 is 10.2 Å². The zero-order chi connectivity index (χ0) is 14.7. The summed E-state index contributed by atoms with van der Waals surface area (Å²) in [4.78, 5) is 6.82. The Morgan fingerprint density at radius 3 is 3.05 bits per heavy atom. The van der Waals surface area contributed by atoms with Crippen LogP contribution < -0.4 is 10.2 Å². The number of para-hydroxylation sites is 1. The standard InChI is InChI=1S/C17H20N4/c1-19-12-14-6-4-5-9-21(14)17-13(10-18)11-20-16-8-3-2-7-15(16)17/h2-3,7-8,11,14,19H,4-6,9,12H2,1H3. The number of nitriles is 1. The largest absolute Gasteiger partial charge is 0.366 e. The second kappa shape index (κ2) is 6.11. The summed E-state index contributed by atoms with van der Waals surface area (Å²) in [6.45, 7) is 1.95. The van der Waals surface area contributed by atoms with Gasteiger partial charge in [0.25, 0.3) is 0 Å². The highest BCUT2D eigenvalue weighted by atomic mass is 15.2. The summed E-state index contributed by atoms with van der Waals surface area (Å²) in [6.07, 6.45) is 5.32. The molecule has 1 N–H and O–H groups in total. The fourth-order valence-corrected chi connectivity index (χ4v) is 3.26. The number of aromatic nitrogens is 1. The minimum atomic E-state index is 0.446. The molecule has 108 valence electrons. The third-order valence-electron chi connectivity index (χ3n) is 4.22. The van der Waals surface area contributed by atoms with E-state index in [0.29, 0.717) is 11.6 Å². The molecule has 1 aromatic heterocycles. The van der Waals surface area contributed by atoms with E-state index in [9.17, 15) is 5.26 Å². The monoisotopic (exact) mass is 280 g/mol. The first-order valence-electron chi connectivity index (χ1n) is 7.54. The molecule has 2 heterocycles. The minimum Gasteiger partial charge on any atom is -0.366 e. The molecule has 1 aromatic carbocycles. The number of hydrogen-bond donors (Lipinski definition) is 1. The van der Waals surface area contributed by atoms with Crippen molar-refractivity contribution in [2.75, 3.05) is 25.0 Å². The molecule has 0 radical (unpaired) electrons. The van der Waals surface area contributed by atoms with Gasteiger partial charge in [-0.3, -0.25) is 4.98 Å². The number of anilines is 1. The number of piperidine rings is 1. The third-order valence-corrected chi connectivity index (χ3v) is 4.22. The molecule has 21 heavy (non-hydrogen) atoms. The second-order valence-corrected chi connectivity index (χ2v) is 5.55. The van der Waals surface area contributed by atoms with Crippen molar-refractivity contribution in [3.05, 3.63) is 36.0 Å². The van der Waals surface area contributed by atoms with Crippen molar-refractivity contribution >= 4 is 16.6 Å². The smallest absolute Gasteiger partial charge is 0.103 e. The highest BCUT2D eigenvalue weighted by Gasteiger charge is 2.25. The summed E-state index contributed by atoms with van der Waals surface area (Å²) >= 11 is 0. The summed E-state index contributed by atoms with van der Waals surface area (Å²) < 4.78 is 0. The molecule has 1 aliphatic heterocycles. The number of likely N-dealkylation sites (N-methyl/N-ethyl adjacent to an activating group) is 1. The Labute approximate surface area is 125 Å². The topological polar surface area (TPSA) is 52.0 Å². The van der Waals surface area contributed by atoms with Crippen molar-refractivity contribution in [3.63, 3.8) is 0 Å². The summed E-state index contributed by atoms with van der Waals surface area (Å²) in [5.74, 6) is 0.